The average molecular weight is 350 g/mol. The van der Waals surface area contributed by atoms with Gasteiger partial charge in [-0.1, -0.05) is 24.6 Å². The fourth-order valence-corrected chi connectivity index (χ4v) is 3.37. The molecule has 1 amide bonds. The minimum Gasteiger partial charge on any atom is -0.351 e. The Hall–Kier alpha value is -3.02. The van der Waals surface area contributed by atoms with Gasteiger partial charge in [-0.25, -0.2) is 14.4 Å². The standard InChI is InChI=1S/C20H19FN4O/c21-17-5-3-16(4-6-17)20(8-1-9-20)19(26)24-13-15-2-7-18(23-12-15)25-11-10-22-14-25/h2-7,10-12,14H,1,8-9,13H2,(H,24,26). The lowest BCUT2D eigenvalue weighted by molar-refractivity contribution is -0.130. The smallest absolute Gasteiger partial charge is 0.230 e. The summed E-state index contributed by atoms with van der Waals surface area (Å²) >= 11 is 0. The maximum absolute atomic E-state index is 13.2. The van der Waals surface area contributed by atoms with Crippen LogP contribution in [0.3, 0.4) is 0 Å². The quantitative estimate of drug-likeness (QED) is 0.769. The normalized spacial score (nSPS) is 15.3. The molecule has 0 unspecified atom stereocenters. The van der Waals surface area contributed by atoms with E-state index < -0.39 is 5.41 Å². The van der Waals surface area contributed by atoms with Crippen molar-refractivity contribution in [1.82, 2.24) is 19.9 Å². The van der Waals surface area contributed by atoms with E-state index in [2.05, 4.69) is 15.3 Å². The van der Waals surface area contributed by atoms with E-state index in [1.54, 1.807) is 30.9 Å². The predicted octanol–water partition coefficient (Wildman–Crippen LogP) is 3.14. The molecular weight excluding hydrogens is 331 g/mol. The molecule has 1 fully saturated rings. The lowest BCUT2D eigenvalue weighted by Crippen LogP contribution is -2.49. The van der Waals surface area contributed by atoms with Gasteiger partial charge in [-0.05, 0) is 42.2 Å². The summed E-state index contributed by atoms with van der Waals surface area (Å²) in [5.74, 6) is 0.487. The van der Waals surface area contributed by atoms with Gasteiger partial charge in [0.15, 0.2) is 0 Å². The minimum atomic E-state index is -0.530. The van der Waals surface area contributed by atoms with Crippen LogP contribution in [-0.4, -0.2) is 20.4 Å². The van der Waals surface area contributed by atoms with E-state index in [4.69, 9.17) is 0 Å². The monoisotopic (exact) mass is 350 g/mol. The summed E-state index contributed by atoms with van der Waals surface area (Å²) < 4.78 is 15.0. The van der Waals surface area contributed by atoms with Crippen LogP contribution in [0.2, 0.25) is 0 Å². The van der Waals surface area contributed by atoms with E-state index in [9.17, 15) is 9.18 Å². The highest BCUT2D eigenvalue weighted by atomic mass is 19.1. The molecule has 5 nitrogen and oxygen atoms in total. The average Bonchev–Trinajstić information content (AvgIpc) is 3.16. The van der Waals surface area contributed by atoms with Crippen LogP contribution >= 0.6 is 0 Å². The number of rotatable bonds is 5. The number of benzene rings is 1. The Labute approximate surface area is 150 Å². The Kier molecular flexibility index (Phi) is 4.24. The van der Waals surface area contributed by atoms with E-state index in [-0.39, 0.29) is 11.7 Å². The number of aromatic nitrogens is 3. The Balaban J connectivity index is 1.43. The number of imidazole rings is 1. The molecule has 0 spiro atoms. The highest BCUT2D eigenvalue weighted by Gasteiger charge is 2.45. The van der Waals surface area contributed by atoms with Crippen LogP contribution in [-0.2, 0) is 16.8 Å². The third-order valence-electron chi connectivity index (χ3n) is 5.07. The van der Waals surface area contributed by atoms with Crippen LogP contribution in [0.25, 0.3) is 5.82 Å². The summed E-state index contributed by atoms with van der Waals surface area (Å²) in [6, 6.07) is 10.1. The molecule has 4 rings (SSSR count). The second-order valence-corrected chi connectivity index (χ2v) is 6.62. The maximum atomic E-state index is 13.2. The first-order valence-corrected chi connectivity index (χ1v) is 8.65. The van der Waals surface area contributed by atoms with Gasteiger partial charge in [0, 0.05) is 25.1 Å². The first kappa shape index (κ1) is 16.4. The number of nitrogens with zero attached hydrogens (tertiary/aromatic N) is 3. The van der Waals surface area contributed by atoms with E-state index in [1.165, 1.54) is 12.1 Å². The van der Waals surface area contributed by atoms with Crippen molar-refractivity contribution in [3.63, 3.8) is 0 Å². The SMILES string of the molecule is O=C(NCc1ccc(-n2ccnc2)nc1)C1(c2ccc(F)cc2)CCC1. The third-order valence-corrected chi connectivity index (χ3v) is 5.07. The summed E-state index contributed by atoms with van der Waals surface area (Å²) in [4.78, 5) is 21.2. The number of hydrogen-bond acceptors (Lipinski definition) is 3. The number of hydrogen-bond donors (Lipinski definition) is 1. The van der Waals surface area contributed by atoms with E-state index >= 15 is 0 Å². The molecule has 1 N–H and O–H groups in total. The Bertz CT molecular complexity index is 885. The van der Waals surface area contributed by atoms with Gasteiger partial charge in [0.2, 0.25) is 5.91 Å². The van der Waals surface area contributed by atoms with Crippen molar-refractivity contribution in [2.75, 3.05) is 0 Å². The van der Waals surface area contributed by atoms with Crippen LogP contribution in [0.1, 0.15) is 30.4 Å². The highest BCUT2D eigenvalue weighted by Crippen LogP contribution is 2.44. The highest BCUT2D eigenvalue weighted by molar-refractivity contribution is 5.89. The second kappa shape index (κ2) is 6.71. The molecule has 2 aromatic heterocycles. The van der Waals surface area contributed by atoms with Gasteiger partial charge in [-0.15, -0.1) is 0 Å². The number of nitrogens with one attached hydrogen (secondary N) is 1. The zero-order valence-corrected chi connectivity index (χ0v) is 14.2. The lowest BCUT2D eigenvalue weighted by Gasteiger charge is -2.40. The first-order valence-electron chi connectivity index (χ1n) is 8.65. The molecule has 0 atom stereocenters. The van der Waals surface area contributed by atoms with Crippen molar-refractivity contribution in [3.05, 3.63) is 78.3 Å². The summed E-state index contributed by atoms with van der Waals surface area (Å²) in [7, 11) is 0. The molecule has 3 aromatic rings. The summed E-state index contributed by atoms with van der Waals surface area (Å²) in [6.07, 6.45) is 9.56. The van der Waals surface area contributed by atoms with E-state index in [1.807, 2.05) is 22.9 Å². The van der Waals surface area contributed by atoms with Gasteiger partial charge in [0.1, 0.15) is 18.0 Å². The van der Waals surface area contributed by atoms with Crippen LogP contribution in [0.5, 0.6) is 0 Å². The molecule has 2 heterocycles. The third kappa shape index (κ3) is 2.98. The van der Waals surface area contributed by atoms with Crippen molar-refractivity contribution in [3.8, 4) is 5.82 Å². The number of pyridine rings is 1. The molecule has 6 heteroatoms. The molecule has 0 aliphatic heterocycles. The van der Waals surface area contributed by atoms with Gasteiger partial charge < -0.3 is 5.32 Å². The van der Waals surface area contributed by atoms with Gasteiger partial charge in [0.25, 0.3) is 0 Å². The molecule has 132 valence electrons. The predicted molar refractivity (Wildman–Crippen MR) is 95.1 cm³/mol. The zero-order chi connectivity index (χ0) is 18.0. The largest absolute Gasteiger partial charge is 0.351 e. The zero-order valence-electron chi connectivity index (χ0n) is 14.2. The minimum absolute atomic E-state index is 0.00551. The summed E-state index contributed by atoms with van der Waals surface area (Å²) in [5, 5.41) is 3.02. The molecule has 0 radical (unpaired) electrons. The Morgan fingerprint density at radius 2 is 2.00 bits per heavy atom. The molecule has 0 bridgehead atoms. The van der Waals surface area contributed by atoms with Crippen molar-refractivity contribution >= 4 is 5.91 Å². The van der Waals surface area contributed by atoms with E-state index in [0.717, 1.165) is 36.2 Å². The van der Waals surface area contributed by atoms with Gasteiger partial charge in [0.05, 0.1) is 5.41 Å². The van der Waals surface area contributed by atoms with Crippen molar-refractivity contribution in [2.45, 2.75) is 31.2 Å². The molecule has 1 aromatic carbocycles. The Morgan fingerprint density at radius 3 is 2.58 bits per heavy atom. The number of carbonyl (C=O) groups excluding carboxylic acids is 1. The first-order chi connectivity index (χ1) is 12.7. The van der Waals surface area contributed by atoms with E-state index in [0.29, 0.717) is 6.54 Å². The summed E-state index contributed by atoms with van der Waals surface area (Å²) in [5.41, 5.74) is 1.28. The summed E-state index contributed by atoms with van der Waals surface area (Å²) in [6.45, 7) is 0.416. The second-order valence-electron chi connectivity index (χ2n) is 6.62. The van der Waals surface area contributed by atoms with Gasteiger partial charge in [-0.2, -0.15) is 0 Å². The molecule has 26 heavy (non-hydrogen) atoms. The number of carbonyl (C=O) groups is 1. The maximum Gasteiger partial charge on any atom is 0.230 e. The van der Waals surface area contributed by atoms with Crippen LogP contribution < -0.4 is 5.32 Å². The van der Waals surface area contributed by atoms with Crippen molar-refractivity contribution in [1.29, 1.82) is 0 Å². The number of halogens is 1. The van der Waals surface area contributed by atoms with Crippen molar-refractivity contribution < 1.29 is 9.18 Å². The molecular formula is C20H19FN4O. The van der Waals surface area contributed by atoms with Crippen molar-refractivity contribution in [2.24, 2.45) is 0 Å². The fourth-order valence-electron chi connectivity index (χ4n) is 3.37. The van der Waals surface area contributed by atoms with Gasteiger partial charge >= 0.3 is 0 Å². The van der Waals surface area contributed by atoms with Crippen LogP contribution in [0.4, 0.5) is 4.39 Å². The molecule has 0 saturated heterocycles. The topological polar surface area (TPSA) is 59.8 Å². The molecule has 1 saturated carbocycles. The fraction of sp³-hybridized carbons (Fsp3) is 0.250. The molecule has 1 aliphatic rings. The van der Waals surface area contributed by atoms with Gasteiger partial charge in [-0.3, -0.25) is 9.36 Å². The van der Waals surface area contributed by atoms with Crippen LogP contribution in [0.15, 0.2) is 61.3 Å². The lowest BCUT2D eigenvalue weighted by atomic mass is 9.64. The van der Waals surface area contributed by atoms with Crippen LogP contribution in [0, 0.1) is 5.82 Å². The molecule has 1 aliphatic carbocycles. The number of amides is 1. The Morgan fingerprint density at radius 1 is 1.19 bits per heavy atom.